The van der Waals surface area contributed by atoms with Gasteiger partial charge < -0.3 is 10.2 Å². The Morgan fingerprint density at radius 3 is 2.92 bits per heavy atom. The largest absolute Gasteiger partial charge is 0.334 e. The first-order valence-corrected chi connectivity index (χ1v) is 10.6. The summed E-state index contributed by atoms with van der Waals surface area (Å²) in [4.78, 5) is 14.3. The molecular weight excluding hydrogens is 324 g/mol. The maximum absolute atomic E-state index is 12.6. The van der Waals surface area contributed by atoms with Gasteiger partial charge in [0.05, 0.1) is 11.5 Å². The van der Waals surface area contributed by atoms with E-state index in [0.717, 1.165) is 12.8 Å². The zero-order chi connectivity index (χ0) is 16.9. The Labute approximate surface area is 143 Å². The van der Waals surface area contributed by atoms with E-state index in [1.807, 2.05) is 6.92 Å². The van der Waals surface area contributed by atoms with E-state index in [4.69, 9.17) is 0 Å². The minimum atomic E-state index is -3.03. The molecule has 1 aromatic rings. The first kappa shape index (κ1) is 15.9. The van der Waals surface area contributed by atoms with E-state index in [1.165, 1.54) is 11.1 Å². The molecule has 4 rings (SSSR count). The standard InChI is InChI=1S/C18H24N2O3S/c1-12-10-20(8-9-24(22,23)11-12)18(21)19-17-15-7-6-13-4-2-3-5-14(13)16(15)17/h2-5,12,15-17H,6-11H2,1H3,(H,19,21)/t12-,15+,16-,17-/m1/s1. The predicted molar refractivity (Wildman–Crippen MR) is 92.7 cm³/mol. The van der Waals surface area contributed by atoms with Crippen molar-refractivity contribution in [2.75, 3.05) is 24.6 Å². The van der Waals surface area contributed by atoms with Crippen LogP contribution in [0.15, 0.2) is 24.3 Å². The van der Waals surface area contributed by atoms with Gasteiger partial charge in [-0.15, -0.1) is 0 Å². The molecule has 1 saturated heterocycles. The van der Waals surface area contributed by atoms with Crippen LogP contribution in [0.25, 0.3) is 0 Å². The molecule has 0 unspecified atom stereocenters. The molecule has 2 aliphatic carbocycles. The molecule has 0 spiro atoms. The topological polar surface area (TPSA) is 66.5 Å². The number of nitrogens with zero attached hydrogens (tertiary/aromatic N) is 1. The SMILES string of the molecule is C[C@@H]1CN(C(=O)N[C@@H]2[C@H]3CCc4ccccc4[C@H]32)CCS(=O)(=O)C1. The average Bonchev–Trinajstić information content (AvgIpc) is 3.26. The van der Waals surface area contributed by atoms with Gasteiger partial charge in [0.1, 0.15) is 0 Å². The molecule has 4 atom stereocenters. The van der Waals surface area contributed by atoms with Crippen LogP contribution in [0.4, 0.5) is 4.79 Å². The van der Waals surface area contributed by atoms with Gasteiger partial charge in [-0.3, -0.25) is 0 Å². The summed E-state index contributed by atoms with van der Waals surface area (Å²) in [5.74, 6) is 1.22. The molecule has 6 heteroatoms. The monoisotopic (exact) mass is 348 g/mol. The lowest BCUT2D eigenvalue weighted by Gasteiger charge is -2.22. The maximum Gasteiger partial charge on any atom is 0.317 e. The van der Waals surface area contributed by atoms with Gasteiger partial charge in [0.2, 0.25) is 0 Å². The smallest absolute Gasteiger partial charge is 0.317 e. The molecule has 2 amide bonds. The first-order valence-electron chi connectivity index (χ1n) is 8.78. The van der Waals surface area contributed by atoms with Crippen LogP contribution in [0.1, 0.15) is 30.4 Å². The molecule has 1 heterocycles. The lowest BCUT2D eigenvalue weighted by molar-refractivity contribution is 0.195. The number of amides is 2. The molecule has 0 radical (unpaired) electrons. The molecule has 0 bridgehead atoms. The summed E-state index contributed by atoms with van der Waals surface area (Å²) in [7, 11) is -3.03. The Bertz CT molecular complexity index is 761. The van der Waals surface area contributed by atoms with E-state index < -0.39 is 9.84 Å². The molecule has 0 aromatic heterocycles. The highest BCUT2D eigenvalue weighted by molar-refractivity contribution is 7.91. The Kier molecular flexibility index (Phi) is 3.82. The van der Waals surface area contributed by atoms with Gasteiger partial charge in [-0.2, -0.15) is 0 Å². The normalized spacial score (nSPS) is 33.8. The lowest BCUT2D eigenvalue weighted by Crippen LogP contribution is -2.44. The highest BCUT2D eigenvalue weighted by Gasteiger charge is 2.54. The number of benzene rings is 1. The molecule has 24 heavy (non-hydrogen) atoms. The molecule has 1 aliphatic heterocycles. The molecule has 3 aliphatic rings. The van der Waals surface area contributed by atoms with Crippen molar-refractivity contribution < 1.29 is 13.2 Å². The number of aryl methyl sites for hydroxylation is 1. The van der Waals surface area contributed by atoms with Crippen molar-refractivity contribution in [3.63, 3.8) is 0 Å². The Hall–Kier alpha value is -1.56. The number of hydrogen-bond donors (Lipinski definition) is 1. The van der Waals surface area contributed by atoms with Gasteiger partial charge >= 0.3 is 6.03 Å². The number of rotatable bonds is 1. The Morgan fingerprint density at radius 1 is 1.29 bits per heavy atom. The number of carbonyl (C=O) groups is 1. The van der Waals surface area contributed by atoms with Crippen molar-refractivity contribution in [2.24, 2.45) is 11.8 Å². The van der Waals surface area contributed by atoms with Gasteiger partial charge in [0.25, 0.3) is 0 Å². The van der Waals surface area contributed by atoms with Crippen LogP contribution < -0.4 is 5.32 Å². The highest BCUT2D eigenvalue weighted by atomic mass is 32.2. The van der Waals surface area contributed by atoms with Gasteiger partial charge in [-0.25, -0.2) is 13.2 Å². The predicted octanol–water partition coefficient (Wildman–Crippen LogP) is 1.79. The molecule has 5 nitrogen and oxygen atoms in total. The molecule has 130 valence electrons. The second-order valence-corrected chi connectivity index (χ2v) is 9.80. The second kappa shape index (κ2) is 5.76. The Morgan fingerprint density at radius 2 is 2.08 bits per heavy atom. The van der Waals surface area contributed by atoms with Crippen LogP contribution in [-0.2, 0) is 16.3 Å². The van der Waals surface area contributed by atoms with Crippen LogP contribution in [0.3, 0.4) is 0 Å². The van der Waals surface area contributed by atoms with Crippen LogP contribution in [0.5, 0.6) is 0 Å². The van der Waals surface area contributed by atoms with E-state index in [-0.39, 0.29) is 29.5 Å². The number of nitrogens with one attached hydrogen (secondary N) is 1. The van der Waals surface area contributed by atoms with Crippen LogP contribution in [0.2, 0.25) is 0 Å². The van der Waals surface area contributed by atoms with Gasteiger partial charge in [-0.05, 0) is 35.8 Å². The summed E-state index contributed by atoms with van der Waals surface area (Å²) < 4.78 is 23.7. The van der Waals surface area contributed by atoms with E-state index in [1.54, 1.807) is 4.90 Å². The van der Waals surface area contributed by atoms with Crippen LogP contribution in [0, 0.1) is 11.8 Å². The summed E-state index contributed by atoms with van der Waals surface area (Å²) >= 11 is 0. The summed E-state index contributed by atoms with van der Waals surface area (Å²) in [6, 6.07) is 8.61. The van der Waals surface area contributed by atoms with E-state index in [9.17, 15) is 13.2 Å². The highest BCUT2D eigenvalue weighted by Crippen LogP contribution is 2.54. The second-order valence-electron chi connectivity index (χ2n) is 7.57. The third kappa shape index (κ3) is 2.92. The maximum atomic E-state index is 12.6. The van der Waals surface area contributed by atoms with E-state index in [2.05, 4.69) is 29.6 Å². The summed E-state index contributed by atoms with van der Waals surface area (Å²) in [5.41, 5.74) is 2.79. The number of sulfone groups is 1. The van der Waals surface area contributed by atoms with Gasteiger partial charge in [0, 0.05) is 25.0 Å². The zero-order valence-corrected chi connectivity index (χ0v) is 14.8. The van der Waals surface area contributed by atoms with Crippen molar-refractivity contribution in [3.05, 3.63) is 35.4 Å². The molecule has 1 N–H and O–H groups in total. The van der Waals surface area contributed by atoms with Crippen molar-refractivity contribution in [2.45, 2.75) is 31.7 Å². The fourth-order valence-electron chi connectivity index (χ4n) is 4.47. The van der Waals surface area contributed by atoms with Crippen LogP contribution >= 0.6 is 0 Å². The number of carbonyl (C=O) groups excluding carboxylic acids is 1. The zero-order valence-electron chi connectivity index (χ0n) is 13.9. The lowest BCUT2D eigenvalue weighted by atomic mass is 9.92. The van der Waals surface area contributed by atoms with Crippen molar-refractivity contribution in [1.29, 1.82) is 0 Å². The van der Waals surface area contributed by atoms with Crippen molar-refractivity contribution >= 4 is 15.9 Å². The average molecular weight is 348 g/mol. The molecular formula is C18H24N2O3S. The van der Waals surface area contributed by atoms with Crippen molar-refractivity contribution in [1.82, 2.24) is 10.2 Å². The third-order valence-corrected chi connectivity index (χ3v) is 7.53. The Balaban J connectivity index is 1.43. The molecule has 2 fully saturated rings. The summed E-state index contributed by atoms with van der Waals surface area (Å²) in [6.07, 6.45) is 2.21. The number of hydrogen-bond acceptors (Lipinski definition) is 3. The molecule has 1 aromatic carbocycles. The van der Waals surface area contributed by atoms with E-state index in [0.29, 0.717) is 24.9 Å². The summed E-state index contributed by atoms with van der Waals surface area (Å²) in [5, 5.41) is 3.17. The first-order chi connectivity index (χ1) is 11.4. The van der Waals surface area contributed by atoms with Crippen LogP contribution in [-0.4, -0.2) is 50.0 Å². The number of fused-ring (bicyclic) bond motifs is 3. The quantitative estimate of drug-likeness (QED) is 0.841. The number of urea groups is 1. The third-order valence-electron chi connectivity index (χ3n) is 5.65. The fraction of sp³-hybridized carbons (Fsp3) is 0.611. The van der Waals surface area contributed by atoms with Gasteiger partial charge in [-0.1, -0.05) is 31.2 Å². The summed E-state index contributed by atoms with van der Waals surface area (Å²) in [6.45, 7) is 2.72. The van der Waals surface area contributed by atoms with Gasteiger partial charge in [0.15, 0.2) is 9.84 Å². The fourth-order valence-corrected chi connectivity index (χ4v) is 6.11. The van der Waals surface area contributed by atoms with E-state index >= 15 is 0 Å². The minimum Gasteiger partial charge on any atom is -0.334 e. The molecule has 1 saturated carbocycles. The minimum absolute atomic E-state index is 0.00884. The van der Waals surface area contributed by atoms with Crippen molar-refractivity contribution in [3.8, 4) is 0 Å².